The summed E-state index contributed by atoms with van der Waals surface area (Å²) in [6.45, 7) is 2.43. The smallest absolute Gasteiger partial charge is 0.154 e. The lowest BCUT2D eigenvalue weighted by Gasteiger charge is -2.22. The highest BCUT2D eigenvalue weighted by Gasteiger charge is 2.33. The van der Waals surface area contributed by atoms with Gasteiger partial charge in [-0.15, -0.1) is 0 Å². The van der Waals surface area contributed by atoms with Crippen LogP contribution < -0.4 is 4.74 Å². The van der Waals surface area contributed by atoms with Crippen molar-refractivity contribution in [1.29, 1.82) is 0 Å². The average Bonchev–Trinajstić information content (AvgIpc) is 2.60. The molecule has 3 rings (SSSR count). The minimum absolute atomic E-state index is 0.211. The van der Waals surface area contributed by atoms with Crippen LogP contribution in [-0.2, 0) is 16.4 Å². The Morgan fingerprint density at radius 1 is 1.40 bits per heavy atom. The molecule has 0 spiro atoms. The zero-order valence-electron chi connectivity index (χ0n) is 11.3. The van der Waals surface area contributed by atoms with Gasteiger partial charge in [-0.2, -0.15) is 0 Å². The number of ether oxygens (including phenoxy) is 1. The van der Waals surface area contributed by atoms with Crippen molar-refractivity contribution in [3.8, 4) is 11.5 Å². The third-order valence-electron chi connectivity index (χ3n) is 4.03. The molecular weight excluding hydrogens is 278 g/mol. The van der Waals surface area contributed by atoms with Crippen molar-refractivity contribution in [2.24, 2.45) is 0 Å². The number of aromatic hydroxyl groups is 1. The van der Waals surface area contributed by atoms with Crippen LogP contribution in [0.1, 0.15) is 18.4 Å². The van der Waals surface area contributed by atoms with Crippen molar-refractivity contribution in [2.75, 3.05) is 25.4 Å². The van der Waals surface area contributed by atoms with Crippen molar-refractivity contribution >= 4 is 9.84 Å². The number of benzene rings is 1. The molecule has 2 aliphatic heterocycles. The van der Waals surface area contributed by atoms with Gasteiger partial charge in [-0.05, 0) is 31.0 Å². The molecule has 1 fully saturated rings. The average molecular weight is 297 g/mol. The second kappa shape index (κ2) is 5.26. The van der Waals surface area contributed by atoms with Crippen LogP contribution in [0.5, 0.6) is 11.5 Å². The summed E-state index contributed by atoms with van der Waals surface area (Å²) in [4.78, 5) is 2.11. The minimum Gasteiger partial charge on any atom is -0.508 e. The molecule has 0 saturated carbocycles. The Kier molecular flexibility index (Phi) is 3.60. The van der Waals surface area contributed by atoms with Gasteiger partial charge in [0.2, 0.25) is 0 Å². The largest absolute Gasteiger partial charge is 0.508 e. The highest BCUT2D eigenvalue weighted by atomic mass is 32.2. The van der Waals surface area contributed by atoms with E-state index in [0.29, 0.717) is 32.0 Å². The summed E-state index contributed by atoms with van der Waals surface area (Å²) >= 11 is 0. The molecule has 1 atom stereocenters. The first-order valence-corrected chi connectivity index (χ1v) is 8.65. The van der Waals surface area contributed by atoms with Crippen molar-refractivity contribution < 1.29 is 18.3 Å². The zero-order valence-corrected chi connectivity index (χ0v) is 12.1. The predicted molar refractivity (Wildman–Crippen MR) is 75.7 cm³/mol. The molecule has 0 bridgehead atoms. The summed E-state index contributed by atoms with van der Waals surface area (Å²) in [6.07, 6.45) is 1.53. The number of hydrogen-bond acceptors (Lipinski definition) is 5. The summed E-state index contributed by atoms with van der Waals surface area (Å²) in [6, 6.07) is 5.06. The van der Waals surface area contributed by atoms with E-state index < -0.39 is 9.84 Å². The molecule has 0 amide bonds. The lowest BCUT2D eigenvalue weighted by molar-refractivity contribution is 0.224. The molecule has 1 saturated heterocycles. The van der Waals surface area contributed by atoms with E-state index in [0.717, 1.165) is 24.2 Å². The van der Waals surface area contributed by atoms with E-state index in [9.17, 15) is 13.5 Å². The van der Waals surface area contributed by atoms with Gasteiger partial charge in [0, 0.05) is 25.2 Å². The van der Waals surface area contributed by atoms with Gasteiger partial charge >= 0.3 is 0 Å². The van der Waals surface area contributed by atoms with E-state index in [2.05, 4.69) is 4.90 Å². The number of rotatable bonds is 2. The number of sulfone groups is 1. The molecule has 1 N–H and O–H groups in total. The Balaban J connectivity index is 1.75. The van der Waals surface area contributed by atoms with E-state index in [4.69, 9.17) is 4.74 Å². The van der Waals surface area contributed by atoms with Crippen molar-refractivity contribution in [3.63, 3.8) is 0 Å². The number of nitrogens with zero attached hydrogens (tertiary/aromatic N) is 1. The molecule has 5 nitrogen and oxygen atoms in total. The highest BCUT2D eigenvalue weighted by Crippen LogP contribution is 2.28. The van der Waals surface area contributed by atoms with Crippen molar-refractivity contribution in [3.05, 3.63) is 23.8 Å². The summed E-state index contributed by atoms with van der Waals surface area (Å²) in [7, 11) is -2.92. The van der Waals surface area contributed by atoms with Gasteiger partial charge in [-0.1, -0.05) is 0 Å². The molecule has 0 aliphatic carbocycles. The van der Waals surface area contributed by atoms with Crippen LogP contribution in [0.15, 0.2) is 18.2 Å². The monoisotopic (exact) mass is 297 g/mol. The molecule has 20 heavy (non-hydrogen) atoms. The molecule has 1 unspecified atom stereocenters. The van der Waals surface area contributed by atoms with Crippen LogP contribution in [0.25, 0.3) is 0 Å². The van der Waals surface area contributed by atoms with E-state index in [1.807, 2.05) is 0 Å². The van der Waals surface area contributed by atoms with Crippen LogP contribution >= 0.6 is 0 Å². The van der Waals surface area contributed by atoms with Crippen LogP contribution in [0.2, 0.25) is 0 Å². The first kappa shape index (κ1) is 13.7. The molecule has 2 aliphatic rings. The number of hydrogen-bond donors (Lipinski definition) is 1. The topological polar surface area (TPSA) is 66.8 Å². The molecular formula is C14H19NO4S. The van der Waals surface area contributed by atoms with Gasteiger partial charge in [0.25, 0.3) is 0 Å². The van der Waals surface area contributed by atoms with Crippen LogP contribution in [0.4, 0.5) is 0 Å². The Hall–Kier alpha value is -1.27. The highest BCUT2D eigenvalue weighted by molar-refractivity contribution is 7.92. The molecule has 110 valence electrons. The fourth-order valence-electron chi connectivity index (χ4n) is 2.94. The van der Waals surface area contributed by atoms with Gasteiger partial charge in [-0.25, -0.2) is 8.42 Å². The lowest BCUT2D eigenvalue weighted by atomic mass is 10.1. The summed E-state index contributed by atoms with van der Waals surface area (Å²) in [5.74, 6) is 1.31. The molecule has 1 aromatic carbocycles. The van der Waals surface area contributed by atoms with Crippen LogP contribution in [0, 0.1) is 0 Å². The molecule has 0 aromatic heterocycles. The third-order valence-corrected chi connectivity index (χ3v) is 6.29. The van der Waals surface area contributed by atoms with E-state index in [-0.39, 0.29) is 11.0 Å². The van der Waals surface area contributed by atoms with Gasteiger partial charge in [0.05, 0.1) is 11.0 Å². The van der Waals surface area contributed by atoms with Crippen molar-refractivity contribution in [2.45, 2.75) is 24.6 Å². The SMILES string of the molecule is O=S1(=O)CCCC1CN1CCOc2ccc(O)cc2C1. The maximum atomic E-state index is 11.9. The maximum absolute atomic E-state index is 11.9. The van der Waals surface area contributed by atoms with Crippen LogP contribution in [-0.4, -0.2) is 49.1 Å². The fraction of sp³-hybridized carbons (Fsp3) is 0.571. The van der Waals surface area contributed by atoms with Gasteiger partial charge < -0.3 is 9.84 Å². The fourth-order valence-corrected chi connectivity index (χ4v) is 4.81. The van der Waals surface area contributed by atoms with E-state index in [1.54, 1.807) is 18.2 Å². The Morgan fingerprint density at radius 2 is 2.25 bits per heavy atom. The first-order chi connectivity index (χ1) is 9.54. The number of phenols is 1. The maximum Gasteiger partial charge on any atom is 0.154 e. The third kappa shape index (κ3) is 2.76. The summed E-state index contributed by atoms with van der Waals surface area (Å²) < 4.78 is 29.5. The Morgan fingerprint density at radius 3 is 3.00 bits per heavy atom. The molecule has 1 aromatic rings. The summed E-state index contributed by atoms with van der Waals surface area (Å²) in [5.41, 5.74) is 0.915. The first-order valence-electron chi connectivity index (χ1n) is 6.93. The molecule has 6 heteroatoms. The lowest BCUT2D eigenvalue weighted by Crippen LogP contribution is -2.35. The Bertz CT molecular complexity index is 599. The quantitative estimate of drug-likeness (QED) is 0.887. The zero-order chi connectivity index (χ0) is 14.2. The van der Waals surface area contributed by atoms with Gasteiger partial charge in [0.15, 0.2) is 9.84 Å². The number of phenolic OH excluding ortho intramolecular Hbond substituents is 1. The van der Waals surface area contributed by atoms with Gasteiger partial charge in [-0.3, -0.25) is 4.90 Å². The van der Waals surface area contributed by atoms with E-state index in [1.165, 1.54) is 0 Å². The van der Waals surface area contributed by atoms with Crippen molar-refractivity contribution in [1.82, 2.24) is 4.90 Å². The van der Waals surface area contributed by atoms with Crippen LogP contribution in [0.3, 0.4) is 0 Å². The molecule has 2 heterocycles. The second-order valence-corrected chi connectivity index (χ2v) is 7.91. The minimum atomic E-state index is -2.92. The summed E-state index contributed by atoms with van der Waals surface area (Å²) in [5, 5.41) is 9.31. The normalized spacial score (nSPS) is 25.7. The Labute approximate surface area is 119 Å². The second-order valence-electron chi connectivity index (χ2n) is 5.51. The predicted octanol–water partition coefficient (Wildman–Crippen LogP) is 1.16. The standard InChI is InChI=1S/C14H19NO4S/c16-12-3-4-14-11(8-12)9-15(5-6-19-14)10-13-2-1-7-20(13,17)18/h3-4,8,13,16H,1-2,5-7,9-10H2. The van der Waals surface area contributed by atoms with E-state index >= 15 is 0 Å². The van der Waals surface area contributed by atoms with Gasteiger partial charge in [0.1, 0.15) is 18.1 Å². The number of fused-ring (bicyclic) bond motifs is 1. The molecule has 0 radical (unpaired) electrons.